The smallest absolute Gasteiger partial charge is 0.234 e. The van der Waals surface area contributed by atoms with Crippen LogP contribution in [0.1, 0.15) is 10.4 Å². The Morgan fingerprint density at radius 3 is 2.69 bits per heavy atom. The Hall–Kier alpha value is -2.41. The molecule has 1 N–H and O–H groups in total. The summed E-state index contributed by atoms with van der Waals surface area (Å²) >= 11 is 9.06. The highest BCUT2D eigenvalue weighted by Gasteiger charge is 2.17. The fraction of sp³-hybridized carbons (Fsp3) is 0.136. The van der Waals surface area contributed by atoms with Crippen molar-refractivity contribution in [2.75, 3.05) is 11.1 Å². The maximum Gasteiger partial charge on any atom is 0.234 e. The van der Waals surface area contributed by atoms with Gasteiger partial charge in [0, 0.05) is 21.2 Å². The molecule has 0 spiro atoms. The van der Waals surface area contributed by atoms with Crippen LogP contribution in [0.2, 0.25) is 5.02 Å². The lowest BCUT2D eigenvalue weighted by Crippen LogP contribution is -2.15. The van der Waals surface area contributed by atoms with E-state index in [2.05, 4.69) is 34.3 Å². The first-order chi connectivity index (χ1) is 14.0. The molecule has 7 heteroatoms. The molecular weight excluding hydrogens is 422 g/mol. The van der Waals surface area contributed by atoms with Gasteiger partial charge < -0.3 is 5.32 Å². The van der Waals surface area contributed by atoms with E-state index in [1.807, 2.05) is 37.3 Å². The summed E-state index contributed by atoms with van der Waals surface area (Å²) < 4.78 is 0. The van der Waals surface area contributed by atoms with Crippen molar-refractivity contribution in [2.24, 2.45) is 0 Å². The number of hydrogen-bond acceptors (Lipinski definition) is 5. The summed E-state index contributed by atoms with van der Waals surface area (Å²) in [5, 5.41) is 5.44. The maximum absolute atomic E-state index is 12.5. The number of nitrogens with one attached hydrogen (secondary N) is 1. The minimum atomic E-state index is -0.0830. The van der Waals surface area contributed by atoms with Gasteiger partial charge in [-0.25, -0.2) is 9.97 Å². The van der Waals surface area contributed by atoms with E-state index in [9.17, 15) is 4.79 Å². The fourth-order valence-corrected chi connectivity index (χ4v) is 5.28. The third-order valence-corrected chi connectivity index (χ3v) is 6.73. The Morgan fingerprint density at radius 2 is 1.93 bits per heavy atom. The van der Waals surface area contributed by atoms with Gasteiger partial charge in [-0.2, -0.15) is 0 Å². The van der Waals surface area contributed by atoms with Gasteiger partial charge in [0.2, 0.25) is 5.91 Å². The predicted molar refractivity (Wildman–Crippen MR) is 123 cm³/mol. The van der Waals surface area contributed by atoms with Crippen LogP contribution >= 0.6 is 34.7 Å². The zero-order chi connectivity index (χ0) is 20.4. The number of rotatable bonds is 5. The SMILES string of the molecule is Cc1cc(Cl)ccc1NC(=O)CSc1ncnc2sc(C)c(-c3ccccc3)c12. The van der Waals surface area contributed by atoms with Gasteiger partial charge in [0.1, 0.15) is 16.2 Å². The van der Waals surface area contributed by atoms with Gasteiger partial charge in [0.05, 0.1) is 11.1 Å². The van der Waals surface area contributed by atoms with E-state index in [1.54, 1.807) is 23.7 Å². The molecule has 0 saturated carbocycles. The summed E-state index contributed by atoms with van der Waals surface area (Å²) in [6.07, 6.45) is 1.57. The van der Waals surface area contributed by atoms with E-state index in [-0.39, 0.29) is 11.7 Å². The lowest BCUT2D eigenvalue weighted by Gasteiger charge is -2.09. The first-order valence-electron chi connectivity index (χ1n) is 9.01. The molecule has 4 rings (SSSR count). The zero-order valence-corrected chi connectivity index (χ0v) is 18.3. The van der Waals surface area contributed by atoms with Crippen LogP contribution in [0, 0.1) is 13.8 Å². The van der Waals surface area contributed by atoms with Crippen LogP contribution in [-0.2, 0) is 4.79 Å². The van der Waals surface area contributed by atoms with Crippen LogP contribution < -0.4 is 5.32 Å². The molecule has 0 unspecified atom stereocenters. The summed E-state index contributed by atoms with van der Waals surface area (Å²) in [4.78, 5) is 23.6. The Balaban J connectivity index is 1.59. The van der Waals surface area contributed by atoms with Gasteiger partial charge in [-0.3, -0.25) is 4.79 Å². The van der Waals surface area contributed by atoms with Gasteiger partial charge in [0.15, 0.2) is 0 Å². The molecule has 0 radical (unpaired) electrons. The Bertz CT molecular complexity index is 1190. The van der Waals surface area contributed by atoms with E-state index in [0.717, 1.165) is 37.6 Å². The van der Waals surface area contributed by atoms with Crippen molar-refractivity contribution >= 4 is 56.5 Å². The lowest BCUT2D eigenvalue weighted by molar-refractivity contribution is -0.113. The molecule has 4 aromatic rings. The summed E-state index contributed by atoms with van der Waals surface area (Å²) in [7, 11) is 0. The van der Waals surface area contributed by atoms with Crippen molar-refractivity contribution in [3.05, 3.63) is 70.3 Å². The number of aromatic nitrogens is 2. The number of fused-ring (bicyclic) bond motifs is 1. The Morgan fingerprint density at radius 1 is 1.14 bits per heavy atom. The second-order valence-corrected chi connectivity index (χ2v) is 9.16. The molecule has 4 nitrogen and oxygen atoms in total. The maximum atomic E-state index is 12.5. The molecule has 146 valence electrons. The monoisotopic (exact) mass is 439 g/mol. The second kappa shape index (κ2) is 8.53. The number of anilines is 1. The number of carbonyl (C=O) groups excluding carboxylic acids is 1. The highest BCUT2D eigenvalue weighted by molar-refractivity contribution is 8.00. The average Bonchev–Trinajstić information content (AvgIpc) is 3.05. The van der Waals surface area contributed by atoms with Gasteiger partial charge in [-0.05, 0) is 43.2 Å². The molecule has 2 aromatic heterocycles. The number of benzene rings is 2. The van der Waals surface area contributed by atoms with E-state index in [0.29, 0.717) is 5.02 Å². The molecule has 0 saturated heterocycles. The average molecular weight is 440 g/mol. The molecule has 0 fully saturated rings. The standard InChI is InChI=1S/C22H18ClN3OS2/c1-13-10-16(23)8-9-17(13)26-18(27)11-28-21-20-19(15-6-4-3-5-7-15)14(2)29-22(20)25-12-24-21/h3-10,12H,11H2,1-2H3,(H,26,27). The Kier molecular flexibility index (Phi) is 5.85. The molecule has 1 amide bonds. The third kappa shape index (κ3) is 4.29. The van der Waals surface area contributed by atoms with Gasteiger partial charge in [-0.1, -0.05) is 53.7 Å². The minimum absolute atomic E-state index is 0.0830. The molecule has 2 aromatic carbocycles. The largest absolute Gasteiger partial charge is 0.325 e. The summed E-state index contributed by atoms with van der Waals surface area (Å²) in [5.41, 5.74) is 3.97. The quantitative estimate of drug-likeness (QED) is 0.290. The van der Waals surface area contributed by atoms with Crippen LogP contribution in [0.5, 0.6) is 0 Å². The zero-order valence-electron chi connectivity index (χ0n) is 15.9. The number of nitrogens with zero attached hydrogens (tertiary/aromatic N) is 2. The molecule has 0 aliphatic heterocycles. The van der Waals surface area contributed by atoms with E-state index < -0.39 is 0 Å². The van der Waals surface area contributed by atoms with Crippen molar-refractivity contribution in [3.63, 3.8) is 0 Å². The lowest BCUT2D eigenvalue weighted by atomic mass is 10.0. The fourth-order valence-electron chi connectivity index (χ4n) is 3.17. The summed E-state index contributed by atoms with van der Waals surface area (Å²) in [6.45, 7) is 4.02. The third-order valence-electron chi connectivity index (χ3n) is 4.49. The van der Waals surface area contributed by atoms with Crippen molar-refractivity contribution < 1.29 is 4.79 Å². The van der Waals surface area contributed by atoms with Crippen LogP contribution in [0.25, 0.3) is 21.3 Å². The molecular formula is C22H18ClN3OS2. The summed E-state index contributed by atoms with van der Waals surface area (Å²) in [5.74, 6) is 0.178. The van der Waals surface area contributed by atoms with E-state index in [4.69, 9.17) is 11.6 Å². The molecule has 0 aliphatic carbocycles. The number of thiophene rings is 1. The normalized spacial score (nSPS) is 11.0. The van der Waals surface area contributed by atoms with Crippen LogP contribution in [-0.4, -0.2) is 21.6 Å². The van der Waals surface area contributed by atoms with E-state index >= 15 is 0 Å². The van der Waals surface area contributed by atoms with Crippen LogP contribution in [0.4, 0.5) is 5.69 Å². The van der Waals surface area contributed by atoms with Gasteiger partial charge in [0.25, 0.3) is 0 Å². The topological polar surface area (TPSA) is 54.9 Å². The number of halogens is 1. The highest BCUT2D eigenvalue weighted by atomic mass is 35.5. The first kappa shape index (κ1) is 19.9. The summed E-state index contributed by atoms with van der Waals surface area (Å²) in [6, 6.07) is 15.6. The number of thioether (sulfide) groups is 1. The molecule has 0 aliphatic rings. The van der Waals surface area contributed by atoms with Gasteiger partial charge in [-0.15, -0.1) is 11.3 Å². The van der Waals surface area contributed by atoms with Crippen molar-refractivity contribution in [1.82, 2.24) is 9.97 Å². The van der Waals surface area contributed by atoms with Crippen LogP contribution in [0.15, 0.2) is 59.9 Å². The number of carbonyl (C=O) groups is 1. The molecule has 2 heterocycles. The van der Waals surface area contributed by atoms with E-state index in [1.165, 1.54) is 16.6 Å². The van der Waals surface area contributed by atoms with Crippen LogP contribution in [0.3, 0.4) is 0 Å². The number of amides is 1. The molecule has 29 heavy (non-hydrogen) atoms. The number of aryl methyl sites for hydroxylation is 2. The van der Waals surface area contributed by atoms with Crippen molar-refractivity contribution in [3.8, 4) is 11.1 Å². The number of hydrogen-bond donors (Lipinski definition) is 1. The molecule has 0 bridgehead atoms. The Labute approximate surface area is 182 Å². The molecule has 0 atom stereocenters. The minimum Gasteiger partial charge on any atom is -0.325 e. The highest BCUT2D eigenvalue weighted by Crippen LogP contribution is 2.41. The first-order valence-corrected chi connectivity index (χ1v) is 11.2. The van der Waals surface area contributed by atoms with Gasteiger partial charge >= 0.3 is 0 Å². The van der Waals surface area contributed by atoms with Crippen molar-refractivity contribution in [2.45, 2.75) is 18.9 Å². The van der Waals surface area contributed by atoms with Crippen molar-refractivity contribution in [1.29, 1.82) is 0 Å². The predicted octanol–water partition coefficient (Wildman–Crippen LogP) is 6.36. The second-order valence-electron chi connectivity index (χ2n) is 6.55.